The van der Waals surface area contributed by atoms with Crippen LogP contribution in [-0.2, 0) is 0 Å². The maximum atomic E-state index is 5.07. The second-order valence-corrected chi connectivity index (χ2v) is 13.8. The molecule has 0 saturated carbocycles. The summed E-state index contributed by atoms with van der Waals surface area (Å²) in [6.45, 7) is 0. The van der Waals surface area contributed by atoms with Crippen molar-refractivity contribution in [2.45, 2.75) is 25.3 Å². The molecule has 10 rings (SSSR count). The van der Waals surface area contributed by atoms with Gasteiger partial charge in [0, 0.05) is 27.2 Å². The van der Waals surface area contributed by atoms with Crippen molar-refractivity contribution in [3.05, 3.63) is 180 Å². The third-order valence-electron chi connectivity index (χ3n) is 10.7. The maximum Gasteiger partial charge on any atom is 0.141 e. The van der Waals surface area contributed by atoms with Crippen molar-refractivity contribution in [1.29, 1.82) is 0 Å². The Morgan fingerprint density at radius 3 is 1.65 bits per heavy atom. The zero-order chi connectivity index (χ0) is 34.4. The summed E-state index contributed by atoms with van der Waals surface area (Å²) in [7, 11) is 0. The Hall–Kier alpha value is -6.45. The van der Waals surface area contributed by atoms with E-state index >= 15 is 0 Å². The summed E-state index contributed by atoms with van der Waals surface area (Å²) in [5, 5.41) is 4.01. The van der Waals surface area contributed by atoms with Crippen LogP contribution in [0, 0.1) is 0 Å². The zero-order valence-electron chi connectivity index (χ0n) is 28.9. The third-order valence-corrected chi connectivity index (χ3v) is 10.7. The first kappa shape index (κ1) is 30.4. The molecule has 8 aromatic rings. The second-order valence-electron chi connectivity index (χ2n) is 13.8. The molecule has 0 N–H and O–H groups in total. The molecule has 3 nitrogen and oxygen atoms in total. The van der Waals surface area contributed by atoms with Gasteiger partial charge in [-0.05, 0) is 83.0 Å². The summed E-state index contributed by atoms with van der Waals surface area (Å²) in [5.74, 6) is 1.01. The van der Waals surface area contributed by atoms with Crippen LogP contribution >= 0.6 is 0 Å². The third kappa shape index (κ3) is 5.25. The van der Waals surface area contributed by atoms with Crippen LogP contribution in [0.3, 0.4) is 0 Å². The second kappa shape index (κ2) is 12.7. The van der Waals surface area contributed by atoms with E-state index in [9.17, 15) is 0 Å². The van der Waals surface area contributed by atoms with E-state index in [0.29, 0.717) is 0 Å². The van der Waals surface area contributed by atoms with Crippen molar-refractivity contribution >= 4 is 34.1 Å². The van der Waals surface area contributed by atoms with Crippen molar-refractivity contribution in [1.82, 2.24) is 14.1 Å². The summed E-state index contributed by atoms with van der Waals surface area (Å²) < 4.78 is 4.80. The van der Waals surface area contributed by atoms with E-state index in [-0.39, 0.29) is 6.04 Å². The largest absolute Gasteiger partial charge is 0.317 e. The number of hydrogen-bond acceptors (Lipinski definition) is 1. The zero-order valence-corrected chi connectivity index (χ0v) is 28.9. The van der Waals surface area contributed by atoms with E-state index in [1.165, 1.54) is 66.1 Å². The molecule has 248 valence electrons. The van der Waals surface area contributed by atoms with Gasteiger partial charge in [-0.1, -0.05) is 152 Å². The minimum absolute atomic E-state index is 0.258. The first-order valence-electron chi connectivity index (χ1n) is 18.3. The number of imidazole rings is 1. The molecule has 2 aromatic heterocycles. The van der Waals surface area contributed by atoms with Crippen molar-refractivity contribution in [2.75, 3.05) is 0 Å². The molecule has 52 heavy (non-hydrogen) atoms. The van der Waals surface area contributed by atoms with Gasteiger partial charge in [-0.15, -0.1) is 0 Å². The number of para-hydroxylation sites is 3. The van der Waals surface area contributed by atoms with Gasteiger partial charge in [-0.2, -0.15) is 0 Å². The van der Waals surface area contributed by atoms with Gasteiger partial charge in [0.05, 0.1) is 22.6 Å². The molecule has 0 saturated heterocycles. The molecule has 3 heteroatoms. The van der Waals surface area contributed by atoms with Crippen LogP contribution in [0.15, 0.2) is 170 Å². The lowest BCUT2D eigenvalue weighted by Crippen LogP contribution is -2.30. The standard InChI is InChI=1S/C49H37N3/c1-2-10-41(11-3-1)52-48-17-9-6-14-45(48)50-49(52)40-28-26-38(27-29-40)36-20-18-34(19-21-36)35-22-24-37(25-23-35)39-30-32-42(33-31-39)51-46-15-7-4-12-43(46)44-13-5-8-16-47(44)51/h1-4,6-7,9-10,12-33,41H,5,8,11H2. The quantitative estimate of drug-likeness (QED) is 0.173. The molecule has 0 spiro atoms. The van der Waals surface area contributed by atoms with Crippen molar-refractivity contribution in [3.63, 3.8) is 0 Å². The number of rotatable bonds is 6. The Labute approximate surface area is 303 Å². The smallest absolute Gasteiger partial charge is 0.141 e. The number of allylic oxidation sites excluding steroid dienone is 4. The number of aromatic nitrogens is 3. The number of benzene rings is 6. The Bertz CT molecular complexity index is 2770. The van der Waals surface area contributed by atoms with Crippen LogP contribution < -0.4 is 10.6 Å². The fourth-order valence-corrected chi connectivity index (χ4v) is 8.09. The molecule has 0 radical (unpaired) electrons. The van der Waals surface area contributed by atoms with Crippen molar-refractivity contribution < 1.29 is 0 Å². The summed E-state index contributed by atoms with van der Waals surface area (Å²) in [5.41, 5.74) is 13.1. The lowest BCUT2D eigenvalue weighted by molar-refractivity contribution is 0.631. The van der Waals surface area contributed by atoms with Crippen molar-refractivity contribution in [2.24, 2.45) is 0 Å². The molecule has 2 aliphatic rings. The predicted molar refractivity (Wildman–Crippen MR) is 218 cm³/mol. The van der Waals surface area contributed by atoms with E-state index in [1.807, 2.05) is 0 Å². The van der Waals surface area contributed by atoms with E-state index in [0.717, 1.165) is 36.2 Å². The highest BCUT2D eigenvalue weighted by molar-refractivity contribution is 5.85. The lowest BCUT2D eigenvalue weighted by Gasteiger charge is -2.19. The first-order valence-corrected chi connectivity index (χ1v) is 18.3. The highest BCUT2D eigenvalue weighted by Crippen LogP contribution is 2.34. The van der Waals surface area contributed by atoms with Gasteiger partial charge in [0.1, 0.15) is 5.82 Å². The first-order chi connectivity index (χ1) is 25.8. The monoisotopic (exact) mass is 667 g/mol. The minimum atomic E-state index is 0.258. The van der Waals surface area contributed by atoms with E-state index < -0.39 is 0 Å². The van der Waals surface area contributed by atoms with Crippen LogP contribution in [0.1, 0.15) is 25.3 Å². The molecule has 1 atom stereocenters. The lowest BCUT2D eigenvalue weighted by atomic mass is 9.97. The van der Waals surface area contributed by atoms with Gasteiger partial charge in [0.15, 0.2) is 0 Å². The van der Waals surface area contributed by atoms with Crippen LogP contribution in [0.5, 0.6) is 0 Å². The Balaban J connectivity index is 0.878. The SMILES string of the molecule is C1=CCC(n2c(-c3ccc(-c4ccc(-c5ccc(-c6ccc(-n7c8c(c9ccccc97)=CCCC=8)cc6)cc5)cc4)cc3)nc3ccccc32)C=C1. The molecule has 0 bridgehead atoms. The predicted octanol–water partition coefficient (Wildman–Crippen LogP) is 11.1. The molecule has 2 heterocycles. The highest BCUT2D eigenvalue weighted by atomic mass is 15.1. The minimum Gasteiger partial charge on any atom is -0.317 e. The number of nitrogens with zero attached hydrogens (tertiary/aromatic N) is 3. The molecular formula is C49H37N3. The van der Waals surface area contributed by atoms with E-state index in [1.54, 1.807) is 0 Å². The van der Waals surface area contributed by atoms with Crippen LogP contribution in [0.25, 0.3) is 84.5 Å². The normalized spacial score (nSPS) is 15.0. The molecule has 0 amide bonds. The number of fused-ring (bicyclic) bond motifs is 4. The topological polar surface area (TPSA) is 22.8 Å². The summed E-state index contributed by atoms with van der Waals surface area (Å²) in [6.07, 6.45) is 16.7. The van der Waals surface area contributed by atoms with Gasteiger partial charge < -0.3 is 9.13 Å². The van der Waals surface area contributed by atoms with Crippen LogP contribution in [0.4, 0.5) is 0 Å². The average molecular weight is 668 g/mol. The van der Waals surface area contributed by atoms with Crippen LogP contribution in [0.2, 0.25) is 0 Å². The van der Waals surface area contributed by atoms with Gasteiger partial charge >= 0.3 is 0 Å². The molecule has 0 aliphatic heterocycles. The maximum absolute atomic E-state index is 5.07. The summed E-state index contributed by atoms with van der Waals surface area (Å²) in [6, 6.07) is 53.2. The summed E-state index contributed by atoms with van der Waals surface area (Å²) in [4.78, 5) is 5.07. The Morgan fingerprint density at radius 1 is 0.500 bits per heavy atom. The fraction of sp³-hybridized carbons (Fsp3) is 0.0816. The highest BCUT2D eigenvalue weighted by Gasteiger charge is 2.19. The van der Waals surface area contributed by atoms with E-state index in [2.05, 4.69) is 191 Å². The average Bonchev–Trinajstić information content (AvgIpc) is 3.78. The van der Waals surface area contributed by atoms with Gasteiger partial charge in [0.2, 0.25) is 0 Å². The van der Waals surface area contributed by atoms with Crippen molar-refractivity contribution in [3.8, 4) is 50.5 Å². The Kier molecular flexibility index (Phi) is 7.42. The van der Waals surface area contributed by atoms with Gasteiger partial charge in [-0.25, -0.2) is 4.98 Å². The Morgan fingerprint density at radius 2 is 1.04 bits per heavy atom. The van der Waals surface area contributed by atoms with Gasteiger partial charge in [0.25, 0.3) is 0 Å². The molecule has 2 aliphatic carbocycles. The summed E-state index contributed by atoms with van der Waals surface area (Å²) >= 11 is 0. The van der Waals surface area contributed by atoms with E-state index in [4.69, 9.17) is 4.98 Å². The molecular weight excluding hydrogens is 631 g/mol. The molecule has 1 unspecified atom stereocenters. The number of hydrogen-bond donors (Lipinski definition) is 0. The molecule has 0 fully saturated rings. The molecule has 6 aromatic carbocycles. The van der Waals surface area contributed by atoms with Crippen LogP contribution in [-0.4, -0.2) is 14.1 Å². The fourth-order valence-electron chi connectivity index (χ4n) is 8.09. The van der Waals surface area contributed by atoms with Gasteiger partial charge in [-0.3, -0.25) is 0 Å².